The van der Waals surface area contributed by atoms with Crippen molar-refractivity contribution >= 4 is 17.0 Å². The van der Waals surface area contributed by atoms with Gasteiger partial charge in [0, 0.05) is 5.69 Å². The summed E-state index contributed by atoms with van der Waals surface area (Å²) in [6.45, 7) is 0. The highest BCUT2D eigenvalue weighted by Gasteiger charge is 2.10. The summed E-state index contributed by atoms with van der Waals surface area (Å²) in [4.78, 5) is 15.2. The maximum Gasteiger partial charge on any atom is 0.335 e. The number of aromatic nitrogens is 2. The van der Waals surface area contributed by atoms with Crippen molar-refractivity contribution in [3.8, 4) is 11.8 Å². The molecule has 0 radical (unpaired) electrons. The minimum absolute atomic E-state index is 0.0799. The first kappa shape index (κ1) is 12.8. The summed E-state index contributed by atoms with van der Waals surface area (Å²) in [6.07, 6.45) is 1.50. The first-order chi connectivity index (χ1) is 10.1. The molecule has 3 rings (SSSR count). The van der Waals surface area contributed by atoms with Crippen molar-refractivity contribution in [2.24, 2.45) is 0 Å². The van der Waals surface area contributed by atoms with Gasteiger partial charge in [-0.1, -0.05) is 0 Å². The van der Waals surface area contributed by atoms with Crippen LogP contribution in [0.3, 0.4) is 0 Å². The third kappa shape index (κ3) is 2.11. The van der Waals surface area contributed by atoms with Crippen molar-refractivity contribution in [1.82, 2.24) is 9.55 Å². The van der Waals surface area contributed by atoms with Crippen LogP contribution in [-0.4, -0.2) is 20.6 Å². The Labute approximate surface area is 118 Å². The van der Waals surface area contributed by atoms with Gasteiger partial charge in [-0.15, -0.1) is 0 Å². The molecule has 0 aliphatic rings. The number of hydrogen-bond donors (Lipinski definition) is 1. The third-order valence-electron chi connectivity index (χ3n) is 3.14. The Balaban J connectivity index is 2.23. The van der Waals surface area contributed by atoms with Crippen LogP contribution >= 0.6 is 0 Å². The monoisotopic (exact) mass is 281 g/mol. The van der Waals surface area contributed by atoms with E-state index in [1.165, 1.54) is 36.7 Å². The molecule has 102 valence electrons. The molecule has 2 aromatic carbocycles. The molecule has 0 spiro atoms. The van der Waals surface area contributed by atoms with E-state index in [1.807, 2.05) is 0 Å². The number of carboxylic acids is 1. The number of imidazole rings is 1. The zero-order chi connectivity index (χ0) is 15.0. The highest BCUT2D eigenvalue weighted by molar-refractivity contribution is 5.92. The third-order valence-corrected chi connectivity index (χ3v) is 3.14. The molecule has 5 nitrogen and oxygen atoms in total. The number of fused-ring (bicyclic) bond motifs is 1. The summed E-state index contributed by atoms with van der Waals surface area (Å²) >= 11 is 0. The smallest absolute Gasteiger partial charge is 0.335 e. The minimum atomic E-state index is -1.04. The van der Waals surface area contributed by atoms with Crippen LogP contribution in [0.4, 0.5) is 4.39 Å². The minimum Gasteiger partial charge on any atom is -0.478 e. The van der Waals surface area contributed by atoms with Crippen molar-refractivity contribution in [2.45, 2.75) is 0 Å². The topological polar surface area (TPSA) is 78.9 Å². The van der Waals surface area contributed by atoms with E-state index in [1.54, 1.807) is 16.7 Å². The molecule has 1 N–H and O–H groups in total. The van der Waals surface area contributed by atoms with E-state index in [4.69, 9.17) is 10.4 Å². The molecule has 0 aliphatic carbocycles. The lowest BCUT2D eigenvalue weighted by atomic mass is 10.1. The standard InChI is InChI=1S/C15H8FN3O2/c16-12-3-2-11(5-10(12)7-17)19-8-18-13-4-1-9(15(20)21)6-14(13)19/h1-6,8H,(H,20,21). The summed E-state index contributed by atoms with van der Waals surface area (Å²) in [5.41, 5.74) is 1.78. The van der Waals surface area contributed by atoms with Crippen molar-refractivity contribution in [1.29, 1.82) is 5.26 Å². The molecule has 0 fully saturated rings. The van der Waals surface area contributed by atoms with Gasteiger partial charge in [-0.2, -0.15) is 5.26 Å². The van der Waals surface area contributed by atoms with E-state index in [9.17, 15) is 9.18 Å². The number of aromatic carboxylic acids is 1. The molecule has 6 heteroatoms. The lowest BCUT2D eigenvalue weighted by Crippen LogP contribution is -1.98. The fourth-order valence-corrected chi connectivity index (χ4v) is 2.10. The van der Waals surface area contributed by atoms with Crippen LogP contribution in [0, 0.1) is 17.1 Å². The molecular formula is C15H8FN3O2. The van der Waals surface area contributed by atoms with Crippen LogP contribution in [0.25, 0.3) is 16.7 Å². The number of carbonyl (C=O) groups is 1. The molecule has 0 atom stereocenters. The van der Waals surface area contributed by atoms with Gasteiger partial charge in [0.25, 0.3) is 0 Å². The van der Waals surface area contributed by atoms with Gasteiger partial charge in [0.15, 0.2) is 0 Å². The van der Waals surface area contributed by atoms with E-state index in [2.05, 4.69) is 4.98 Å². The second kappa shape index (κ2) is 4.72. The second-order valence-electron chi connectivity index (χ2n) is 4.40. The van der Waals surface area contributed by atoms with Crippen molar-refractivity contribution in [3.63, 3.8) is 0 Å². The first-order valence-corrected chi connectivity index (χ1v) is 6.00. The Morgan fingerprint density at radius 3 is 2.81 bits per heavy atom. The van der Waals surface area contributed by atoms with Crippen LogP contribution in [0.15, 0.2) is 42.7 Å². The van der Waals surface area contributed by atoms with E-state index in [0.717, 1.165) is 0 Å². The van der Waals surface area contributed by atoms with Gasteiger partial charge in [0.05, 0.1) is 22.2 Å². The Bertz CT molecular complexity index is 909. The average Bonchev–Trinajstić information content (AvgIpc) is 2.90. The van der Waals surface area contributed by atoms with Crippen LogP contribution in [0.2, 0.25) is 0 Å². The summed E-state index contributed by atoms with van der Waals surface area (Å²) in [5.74, 6) is -1.64. The highest BCUT2D eigenvalue weighted by Crippen LogP contribution is 2.21. The fourth-order valence-electron chi connectivity index (χ4n) is 2.10. The van der Waals surface area contributed by atoms with E-state index < -0.39 is 11.8 Å². The zero-order valence-corrected chi connectivity index (χ0v) is 10.6. The Morgan fingerprint density at radius 1 is 1.29 bits per heavy atom. The molecule has 0 aliphatic heterocycles. The van der Waals surface area contributed by atoms with E-state index in [-0.39, 0.29) is 11.1 Å². The Hall–Kier alpha value is -3.20. The van der Waals surface area contributed by atoms with E-state index in [0.29, 0.717) is 16.7 Å². The number of rotatable bonds is 2. The van der Waals surface area contributed by atoms with Gasteiger partial charge < -0.3 is 5.11 Å². The number of halogens is 1. The molecule has 1 heterocycles. The lowest BCUT2D eigenvalue weighted by Gasteiger charge is -2.05. The van der Waals surface area contributed by atoms with E-state index >= 15 is 0 Å². The SMILES string of the molecule is N#Cc1cc(-n2cnc3ccc(C(=O)O)cc32)ccc1F. The lowest BCUT2D eigenvalue weighted by molar-refractivity contribution is 0.0697. The molecule has 21 heavy (non-hydrogen) atoms. The van der Waals surface area contributed by atoms with Gasteiger partial charge in [-0.25, -0.2) is 14.2 Å². The fraction of sp³-hybridized carbons (Fsp3) is 0. The molecule has 1 aromatic heterocycles. The molecular weight excluding hydrogens is 273 g/mol. The number of benzene rings is 2. The molecule has 0 saturated carbocycles. The summed E-state index contributed by atoms with van der Waals surface area (Å²) in [5, 5.41) is 17.9. The number of nitrogens with zero attached hydrogens (tertiary/aromatic N) is 3. The van der Waals surface area contributed by atoms with Gasteiger partial charge >= 0.3 is 5.97 Å². The van der Waals surface area contributed by atoms with Crippen LogP contribution in [-0.2, 0) is 0 Å². The number of hydrogen-bond acceptors (Lipinski definition) is 3. The average molecular weight is 281 g/mol. The molecule has 0 amide bonds. The maximum atomic E-state index is 13.4. The van der Waals surface area contributed by atoms with Gasteiger partial charge in [0.2, 0.25) is 0 Å². The summed E-state index contributed by atoms with van der Waals surface area (Å²) < 4.78 is 15.0. The van der Waals surface area contributed by atoms with Crippen LogP contribution in [0.5, 0.6) is 0 Å². The predicted octanol–water partition coefficient (Wildman–Crippen LogP) is 2.73. The molecule has 3 aromatic rings. The number of nitriles is 1. The van der Waals surface area contributed by atoms with Gasteiger partial charge in [-0.05, 0) is 36.4 Å². The second-order valence-corrected chi connectivity index (χ2v) is 4.40. The highest BCUT2D eigenvalue weighted by atomic mass is 19.1. The van der Waals surface area contributed by atoms with Gasteiger partial charge in [-0.3, -0.25) is 4.57 Å². The van der Waals surface area contributed by atoms with Gasteiger partial charge in [0.1, 0.15) is 18.2 Å². The summed E-state index contributed by atoms with van der Waals surface area (Å²) in [7, 11) is 0. The largest absolute Gasteiger partial charge is 0.478 e. The predicted molar refractivity (Wildman–Crippen MR) is 72.7 cm³/mol. The molecule has 0 bridgehead atoms. The van der Waals surface area contributed by atoms with Crippen molar-refractivity contribution in [3.05, 3.63) is 59.7 Å². The van der Waals surface area contributed by atoms with Crippen LogP contribution in [0.1, 0.15) is 15.9 Å². The normalized spacial score (nSPS) is 10.5. The Kier molecular flexibility index (Phi) is 2.88. The molecule has 0 unspecified atom stereocenters. The van der Waals surface area contributed by atoms with Crippen LogP contribution < -0.4 is 0 Å². The van der Waals surface area contributed by atoms with Crippen molar-refractivity contribution < 1.29 is 14.3 Å². The van der Waals surface area contributed by atoms with Crippen molar-refractivity contribution in [2.75, 3.05) is 0 Å². The Morgan fingerprint density at radius 2 is 2.10 bits per heavy atom. The maximum absolute atomic E-state index is 13.4. The molecule has 0 saturated heterocycles. The quantitative estimate of drug-likeness (QED) is 0.783. The zero-order valence-electron chi connectivity index (χ0n) is 10.6. The summed E-state index contributed by atoms with van der Waals surface area (Å²) in [6, 6.07) is 10.4. The first-order valence-electron chi connectivity index (χ1n) is 6.00. The number of carboxylic acid groups (broad SMARTS) is 1.